The normalized spacial score (nSPS) is 26.3. The monoisotopic (exact) mass is 244 g/mol. The highest BCUT2D eigenvalue weighted by Crippen LogP contribution is 2.09. The maximum absolute atomic E-state index is 5.49. The van der Waals surface area contributed by atoms with Crippen LogP contribution in [-0.4, -0.2) is 63.5 Å². The predicted octanol–water partition coefficient (Wildman–Crippen LogP) is 1.11. The van der Waals surface area contributed by atoms with Crippen LogP contribution in [0.15, 0.2) is 0 Å². The first kappa shape index (κ1) is 14.9. The number of ether oxygens (including phenoxy) is 2. The van der Waals surface area contributed by atoms with Crippen LogP contribution in [0.4, 0.5) is 0 Å². The van der Waals surface area contributed by atoms with Crippen molar-refractivity contribution in [1.82, 2.24) is 10.2 Å². The zero-order valence-electron chi connectivity index (χ0n) is 11.6. The summed E-state index contributed by atoms with van der Waals surface area (Å²) in [5.74, 6) is 0. The van der Waals surface area contributed by atoms with Crippen molar-refractivity contribution >= 4 is 0 Å². The molecule has 1 aliphatic heterocycles. The molecular weight excluding hydrogens is 216 g/mol. The van der Waals surface area contributed by atoms with Gasteiger partial charge < -0.3 is 14.8 Å². The van der Waals surface area contributed by atoms with Gasteiger partial charge in [0.05, 0.1) is 13.2 Å². The summed E-state index contributed by atoms with van der Waals surface area (Å²) in [5, 5.41) is 3.58. The lowest BCUT2D eigenvalue weighted by molar-refractivity contribution is 0.0590. The molecule has 0 aromatic carbocycles. The average Bonchev–Trinajstić information content (AvgIpc) is 2.35. The Labute approximate surface area is 106 Å². The second-order valence-corrected chi connectivity index (χ2v) is 4.82. The van der Waals surface area contributed by atoms with E-state index in [0.717, 1.165) is 26.1 Å². The van der Waals surface area contributed by atoms with Crippen molar-refractivity contribution in [1.29, 1.82) is 0 Å². The van der Waals surface area contributed by atoms with E-state index in [1.807, 2.05) is 0 Å². The zero-order valence-corrected chi connectivity index (χ0v) is 11.6. The van der Waals surface area contributed by atoms with E-state index in [1.54, 1.807) is 7.11 Å². The number of rotatable bonds is 8. The molecule has 4 heteroatoms. The van der Waals surface area contributed by atoms with Crippen LogP contribution in [0.3, 0.4) is 0 Å². The van der Waals surface area contributed by atoms with Crippen LogP contribution in [0.1, 0.15) is 26.7 Å². The largest absolute Gasteiger partial charge is 0.382 e. The molecule has 0 amide bonds. The summed E-state index contributed by atoms with van der Waals surface area (Å²) in [6.45, 7) is 10.2. The standard InChI is InChI=1S/C13H28N2O2/c1-4-13-11-15(12(2)10-14-13)6-5-7-17-9-8-16-3/h12-14H,4-11H2,1-3H3. The molecule has 4 nitrogen and oxygen atoms in total. The molecule has 0 radical (unpaired) electrons. The minimum atomic E-state index is 0.650. The third-order valence-electron chi connectivity index (χ3n) is 3.44. The fourth-order valence-corrected chi connectivity index (χ4v) is 2.19. The van der Waals surface area contributed by atoms with Gasteiger partial charge in [0.2, 0.25) is 0 Å². The average molecular weight is 244 g/mol. The Morgan fingerprint density at radius 3 is 2.82 bits per heavy atom. The highest BCUT2D eigenvalue weighted by atomic mass is 16.5. The minimum Gasteiger partial charge on any atom is -0.382 e. The molecule has 1 N–H and O–H groups in total. The highest BCUT2D eigenvalue weighted by Gasteiger charge is 2.22. The van der Waals surface area contributed by atoms with Gasteiger partial charge in [-0.2, -0.15) is 0 Å². The first-order valence-electron chi connectivity index (χ1n) is 6.82. The van der Waals surface area contributed by atoms with Gasteiger partial charge in [-0.05, 0) is 19.8 Å². The van der Waals surface area contributed by atoms with E-state index in [4.69, 9.17) is 9.47 Å². The van der Waals surface area contributed by atoms with Crippen LogP contribution < -0.4 is 5.32 Å². The van der Waals surface area contributed by atoms with Crippen molar-refractivity contribution < 1.29 is 9.47 Å². The predicted molar refractivity (Wildman–Crippen MR) is 70.4 cm³/mol. The minimum absolute atomic E-state index is 0.650. The Bertz CT molecular complexity index is 190. The first-order valence-corrected chi connectivity index (χ1v) is 6.82. The molecule has 0 saturated carbocycles. The fraction of sp³-hybridized carbons (Fsp3) is 1.00. The number of nitrogens with one attached hydrogen (secondary N) is 1. The summed E-state index contributed by atoms with van der Waals surface area (Å²) in [4.78, 5) is 2.57. The Kier molecular flexibility index (Phi) is 7.77. The lowest BCUT2D eigenvalue weighted by Gasteiger charge is -2.38. The molecule has 1 saturated heterocycles. The maximum Gasteiger partial charge on any atom is 0.0700 e. The number of hydrogen-bond donors (Lipinski definition) is 1. The van der Waals surface area contributed by atoms with Crippen molar-refractivity contribution in [3.8, 4) is 0 Å². The molecule has 0 spiro atoms. The van der Waals surface area contributed by atoms with Crippen LogP contribution in [0.5, 0.6) is 0 Å². The summed E-state index contributed by atoms with van der Waals surface area (Å²) >= 11 is 0. The van der Waals surface area contributed by atoms with Gasteiger partial charge >= 0.3 is 0 Å². The van der Waals surface area contributed by atoms with Crippen molar-refractivity contribution in [2.75, 3.05) is 46.6 Å². The van der Waals surface area contributed by atoms with Crippen molar-refractivity contribution in [2.45, 2.75) is 38.8 Å². The van der Waals surface area contributed by atoms with Gasteiger partial charge in [0, 0.05) is 45.4 Å². The number of piperazine rings is 1. The molecular formula is C13H28N2O2. The molecule has 0 aromatic rings. The van der Waals surface area contributed by atoms with Crippen LogP contribution >= 0.6 is 0 Å². The van der Waals surface area contributed by atoms with Crippen molar-refractivity contribution in [2.24, 2.45) is 0 Å². The van der Waals surface area contributed by atoms with Gasteiger partial charge in [-0.1, -0.05) is 6.92 Å². The number of nitrogens with zero attached hydrogens (tertiary/aromatic N) is 1. The summed E-state index contributed by atoms with van der Waals surface area (Å²) in [5.41, 5.74) is 0. The van der Waals surface area contributed by atoms with Crippen LogP contribution in [0, 0.1) is 0 Å². The van der Waals surface area contributed by atoms with E-state index in [-0.39, 0.29) is 0 Å². The maximum atomic E-state index is 5.49. The molecule has 0 bridgehead atoms. The van der Waals surface area contributed by atoms with Gasteiger partial charge in [0.1, 0.15) is 0 Å². The molecule has 2 unspecified atom stereocenters. The van der Waals surface area contributed by atoms with Gasteiger partial charge in [0.15, 0.2) is 0 Å². The zero-order chi connectivity index (χ0) is 12.5. The molecule has 0 aliphatic carbocycles. The molecule has 1 aliphatic rings. The number of methoxy groups -OCH3 is 1. The third-order valence-corrected chi connectivity index (χ3v) is 3.44. The van der Waals surface area contributed by atoms with E-state index in [0.29, 0.717) is 25.3 Å². The molecule has 2 atom stereocenters. The quantitative estimate of drug-likeness (QED) is 0.649. The van der Waals surface area contributed by atoms with Gasteiger partial charge in [0.25, 0.3) is 0 Å². The molecule has 1 fully saturated rings. The molecule has 1 heterocycles. The lowest BCUT2D eigenvalue weighted by atomic mass is 10.1. The summed E-state index contributed by atoms with van der Waals surface area (Å²) in [6, 6.07) is 1.32. The summed E-state index contributed by atoms with van der Waals surface area (Å²) < 4.78 is 10.4. The van der Waals surface area contributed by atoms with Crippen LogP contribution in [-0.2, 0) is 9.47 Å². The van der Waals surface area contributed by atoms with Crippen LogP contribution in [0.2, 0.25) is 0 Å². The highest BCUT2D eigenvalue weighted by molar-refractivity contribution is 4.82. The second kappa shape index (κ2) is 8.86. The molecule has 1 rings (SSSR count). The smallest absolute Gasteiger partial charge is 0.0700 e. The lowest BCUT2D eigenvalue weighted by Crippen LogP contribution is -2.55. The molecule has 0 aromatic heterocycles. The van der Waals surface area contributed by atoms with E-state index < -0.39 is 0 Å². The Morgan fingerprint density at radius 1 is 1.29 bits per heavy atom. The fourth-order valence-electron chi connectivity index (χ4n) is 2.19. The first-order chi connectivity index (χ1) is 8.27. The van der Waals surface area contributed by atoms with Crippen LogP contribution in [0.25, 0.3) is 0 Å². The number of hydrogen-bond acceptors (Lipinski definition) is 4. The van der Waals surface area contributed by atoms with Gasteiger partial charge in [-0.15, -0.1) is 0 Å². The van der Waals surface area contributed by atoms with E-state index in [2.05, 4.69) is 24.1 Å². The van der Waals surface area contributed by atoms with Crippen molar-refractivity contribution in [3.05, 3.63) is 0 Å². The SMILES string of the molecule is CCC1CN(CCCOCCOC)C(C)CN1. The van der Waals surface area contributed by atoms with E-state index in [9.17, 15) is 0 Å². The summed E-state index contributed by atoms with van der Waals surface area (Å²) in [7, 11) is 1.71. The summed E-state index contributed by atoms with van der Waals surface area (Å²) in [6.07, 6.45) is 2.33. The van der Waals surface area contributed by atoms with Crippen molar-refractivity contribution in [3.63, 3.8) is 0 Å². The van der Waals surface area contributed by atoms with Gasteiger partial charge in [-0.25, -0.2) is 0 Å². The topological polar surface area (TPSA) is 33.7 Å². The van der Waals surface area contributed by atoms with E-state index >= 15 is 0 Å². The Balaban J connectivity index is 2.07. The van der Waals surface area contributed by atoms with E-state index in [1.165, 1.54) is 13.0 Å². The van der Waals surface area contributed by atoms with Gasteiger partial charge in [-0.3, -0.25) is 4.90 Å². The Morgan fingerprint density at radius 2 is 2.12 bits per heavy atom. The Hall–Kier alpha value is -0.160. The molecule has 102 valence electrons. The third kappa shape index (κ3) is 5.82. The second-order valence-electron chi connectivity index (χ2n) is 4.82. The molecule has 17 heavy (non-hydrogen) atoms.